The summed E-state index contributed by atoms with van der Waals surface area (Å²) in [6, 6.07) is -0.680. The van der Waals surface area contributed by atoms with Gasteiger partial charge >= 0.3 is 5.97 Å². The van der Waals surface area contributed by atoms with Crippen LogP contribution in [0.25, 0.3) is 0 Å². The van der Waals surface area contributed by atoms with Crippen LogP contribution in [0.1, 0.15) is 112 Å². The third-order valence-electron chi connectivity index (χ3n) is 13.0. The summed E-state index contributed by atoms with van der Waals surface area (Å²) < 4.78 is 5.87. The number of nitrogens with two attached hydrogens (primary N) is 1. The van der Waals surface area contributed by atoms with Gasteiger partial charge in [-0.1, -0.05) is 60.3 Å². The number of esters is 1. The van der Waals surface area contributed by atoms with E-state index in [2.05, 4.69) is 25.8 Å². The van der Waals surface area contributed by atoms with Crippen LogP contribution >= 0.6 is 0 Å². The molecule has 5 aliphatic rings. The van der Waals surface area contributed by atoms with Crippen molar-refractivity contribution in [2.24, 2.45) is 45.1 Å². The number of hydrogen-bond acceptors (Lipinski definition) is 7. The average Bonchev–Trinajstić information content (AvgIpc) is 3.12. The van der Waals surface area contributed by atoms with Crippen molar-refractivity contribution in [3.63, 3.8) is 0 Å². The van der Waals surface area contributed by atoms with Gasteiger partial charge in [0.15, 0.2) is 5.78 Å². The van der Waals surface area contributed by atoms with Crippen LogP contribution < -0.4 is 5.73 Å². The van der Waals surface area contributed by atoms with Gasteiger partial charge in [0.1, 0.15) is 6.10 Å². The maximum atomic E-state index is 14.6. The number of primary amides is 1. The fourth-order valence-electron chi connectivity index (χ4n) is 9.58. The monoisotopic (exact) mass is 613 g/mol. The smallest absolute Gasteiger partial charge is 0.306 e. The lowest BCUT2D eigenvalue weighted by atomic mass is 9.73. The molecule has 9 nitrogen and oxygen atoms in total. The van der Waals surface area contributed by atoms with E-state index >= 15 is 0 Å². The third kappa shape index (κ3) is 5.64. The van der Waals surface area contributed by atoms with Gasteiger partial charge in [0, 0.05) is 37.4 Å². The number of ether oxygens (including phenoxy) is 1. The molecule has 4 atom stereocenters. The molecule has 3 aliphatic carbocycles. The molecule has 44 heavy (non-hydrogen) atoms. The van der Waals surface area contributed by atoms with E-state index in [4.69, 9.17) is 10.5 Å². The molecule has 2 saturated heterocycles. The minimum atomic E-state index is -0.995. The fourth-order valence-corrected chi connectivity index (χ4v) is 9.58. The molecule has 9 heteroatoms. The lowest BCUT2D eigenvalue weighted by Crippen LogP contribution is -2.48. The van der Waals surface area contributed by atoms with Crippen molar-refractivity contribution in [3.05, 3.63) is 0 Å². The molecular weight excluding hydrogens is 558 g/mol. The number of rotatable bonds is 11. The number of nitrogens with zero attached hydrogens (tertiary/aromatic N) is 2. The first-order valence-electron chi connectivity index (χ1n) is 17.1. The number of ketones is 2. The molecule has 2 aliphatic heterocycles. The molecule has 2 N–H and O–H groups in total. The van der Waals surface area contributed by atoms with Crippen LogP contribution in [0.3, 0.4) is 0 Å². The average molecular weight is 614 g/mol. The van der Waals surface area contributed by atoms with Crippen molar-refractivity contribution in [2.45, 2.75) is 124 Å². The number of hydrogen-bond donors (Lipinski definition) is 1. The Morgan fingerprint density at radius 2 is 1.57 bits per heavy atom. The zero-order valence-corrected chi connectivity index (χ0v) is 27.9. The normalized spacial score (nSPS) is 29.5. The molecule has 2 amide bonds. The van der Waals surface area contributed by atoms with E-state index in [-0.39, 0.29) is 52.9 Å². The Kier molecular flexibility index (Phi) is 8.88. The highest BCUT2D eigenvalue weighted by molar-refractivity contribution is 6.36. The molecule has 2 spiro atoms. The molecule has 2 heterocycles. The number of Topliss-reactive ketones (excluding diaryl/α,β-unsaturated/α-hetero) is 2. The van der Waals surface area contributed by atoms with Crippen LogP contribution in [-0.2, 0) is 28.7 Å². The Labute approximate surface area is 263 Å². The Bertz CT molecular complexity index is 1170. The van der Waals surface area contributed by atoms with Gasteiger partial charge in [-0.2, -0.15) is 0 Å². The summed E-state index contributed by atoms with van der Waals surface area (Å²) in [5, 5.41) is 0. The second-order valence-corrected chi connectivity index (χ2v) is 16.6. The first-order chi connectivity index (χ1) is 20.5. The van der Waals surface area contributed by atoms with E-state index in [1.54, 1.807) is 4.90 Å². The van der Waals surface area contributed by atoms with E-state index in [9.17, 15) is 24.0 Å². The van der Waals surface area contributed by atoms with Crippen LogP contribution in [-0.4, -0.2) is 78.0 Å². The Morgan fingerprint density at radius 1 is 0.932 bits per heavy atom. The van der Waals surface area contributed by atoms with E-state index < -0.39 is 35.0 Å². The molecule has 5 rings (SSSR count). The van der Waals surface area contributed by atoms with Gasteiger partial charge in [0.05, 0.1) is 18.4 Å². The van der Waals surface area contributed by atoms with E-state index in [0.717, 1.165) is 64.5 Å². The summed E-state index contributed by atoms with van der Waals surface area (Å²) in [7, 11) is 2.06. The highest BCUT2D eigenvalue weighted by Gasteiger charge is 2.85. The Morgan fingerprint density at radius 3 is 2.05 bits per heavy atom. The zero-order valence-electron chi connectivity index (χ0n) is 27.9. The number of piperidine rings is 1. The summed E-state index contributed by atoms with van der Waals surface area (Å²) in [6.45, 7) is 12.7. The quantitative estimate of drug-likeness (QED) is 0.272. The van der Waals surface area contributed by atoms with Crippen molar-refractivity contribution in [2.75, 3.05) is 26.7 Å². The van der Waals surface area contributed by atoms with Gasteiger partial charge in [-0.25, -0.2) is 0 Å². The summed E-state index contributed by atoms with van der Waals surface area (Å²) in [6.07, 6.45) is 8.80. The number of fused-ring (bicyclic) bond motifs is 1. The second-order valence-electron chi connectivity index (χ2n) is 16.6. The Hall–Kier alpha value is -2.29. The topological polar surface area (TPSA) is 127 Å². The van der Waals surface area contributed by atoms with Crippen molar-refractivity contribution in [1.29, 1.82) is 0 Å². The first kappa shape index (κ1) is 33.1. The van der Waals surface area contributed by atoms with Crippen molar-refractivity contribution < 1.29 is 28.7 Å². The number of carbonyl (C=O) groups is 5. The van der Waals surface area contributed by atoms with Crippen molar-refractivity contribution in [1.82, 2.24) is 9.80 Å². The maximum Gasteiger partial charge on any atom is 0.306 e. The van der Waals surface area contributed by atoms with Gasteiger partial charge in [-0.15, -0.1) is 0 Å². The lowest BCUT2D eigenvalue weighted by Gasteiger charge is -2.36. The second kappa shape index (κ2) is 11.8. The molecule has 1 unspecified atom stereocenters. The number of carbonyl (C=O) groups excluding carboxylic acids is 5. The molecule has 0 radical (unpaired) electrons. The molecule has 0 aromatic carbocycles. The number of likely N-dealkylation sites (tertiary alicyclic amines) is 2. The summed E-state index contributed by atoms with van der Waals surface area (Å²) in [5.41, 5.74) is 4.83. The summed E-state index contributed by atoms with van der Waals surface area (Å²) in [4.78, 5) is 70.9. The minimum absolute atomic E-state index is 0.00944. The van der Waals surface area contributed by atoms with Gasteiger partial charge in [-0.3, -0.25) is 24.0 Å². The highest BCUT2D eigenvalue weighted by Crippen LogP contribution is 2.88. The molecular formula is C35H55N3O6. The van der Waals surface area contributed by atoms with Crippen molar-refractivity contribution >= 4 is 29.4 Å². The summed E-state index contributed by atoms with van der Waals surface area (Å²) in [5.74, 6) is -3.44. The largest absolute Gasteiger partial charge is 0.462 e. The van der Waals surface area contributed by atoms with Gasteiger partial charge in [0.2, 0.25) is 11.7 Å². The zero-order chi connectivity index (χ0) is 32.2. The standard InChI is InChI=1S/C35H55N3O6/c1-32(2,3)25(19-28(40)44-24-11-15-37(6)16-12-24)31(43)38-21-35(33(4,5)34(35)13-8-14-34)20-26(38)27(39)18-23(29(41)30(36)42)17-22-9-7-10-22/h22-26H,7-21H2,1-6H3,(H2,36,42)/t23?,25-,26+,35-/m1/s1. The molecule has 0 bridgehead atoms. The van der Waals surface area contributed by atoms with Crippen LogP contribution in [0.2, 0.25) is 0 Å². The lowest BCUT2D eigenvalue weighted by molar-refractivity contribution is -0.158. The molecule has 0 aromatic heterocycles. The fraction of sp³-hybridized carbons (Fsp3) is 0.857. The van der Waals surface area contributed by atoms with Crippen molar-refractivity contribution in [3.8, 4) is 0 Å². The van der Waals surface area contributed by atoms with Gasteiger partial charge < -0.3 is 20.3 Å². The van der Waals surface area contributed by atoms with E-state index in [1.165, 1.54) is 0 Å². The van der Waals surface area contributed by atoms with Gasteiger partial charge in [-0.05, 0) is 67.7 Å². The molecule has 246 valence electrons. The minimum Gasteiger partial charge on any atom is -0.462 e. The first-order valence-corrected chi connectivity index (χ1v) is 17.1. The van der Waals surface area contributed by atoms with Crippen LogP contribution in [0.4, 0.5) is 0 Å². The van der Waals surface area contributed by atoms with Crippen LogP contribution in [0, 0.1) is 39.4 Å². The SMILES string of the molecule is CN1CCC(OC(=O)C[C@H](C(=O)N2C[C@]3(C[C@H]2C(=O)CC(CC2CCC2)C(=O)C(N)=O)C(C)(C)C32CCC2)C(C)(C)C)CC1. The third-order valence-corrected chi connectivity index (χ3v) is 13.0. The van der Waals surface area contributed by atoms with E-state index in [0.29, 0.717) is 25.3 Å². The maximum absolute atomic E-state index is 14.6. The predicted octanol–water partition coefficient (Wildman–Crippen LogP) is 4.29. The van der Waals surface area contributed by atoms with Gasteiger partial charge in [0.25, 0.3) is 5.91 Å². The van der Waals surface area contributed by atoms with E-state index in [1.807, 2.05) is 20.8 Å². The van der Waals surface area contributed by atoms with Crippen LogP contribution in [0.15, 0.2) is 0 Å². The molecule has 0 aromatic rings. The molecule has 3 saturated carbocycles. The number of amides is 2. The highest BCUT2D eigenvalue weighted by atomic mass is 16.5. The predicted molar refractivity (Wildman–Crippen MR) is 166 cm³/mol. The van der Waals surface area contributed by atoms with Crippen LogP contribution in [0.5, 0.6) is 0 Å². The Balaban J connectivity index is 1.38. The molecule has 5 fully saturated rings. The summed E-state index contributed by atoms with van der Waals surface area (Å²) >= 11 is 0.